The molecule has 8 nitrogen and oxygen atoms in total. The van der Waals surface area contributed by atoms with Gasteiger partial charge in [0.1, 0.15) is 0 Å². The van der Waals surface area contributed by atoms with Crippen LogP contribution in [0.5, 0.6) is 0 Å². The Kier molecular flexibility index (Phi) is 7.23. The molecule has 1 aliphatic rings. The summed E-state index contributed by atoms with van der Waals surface area (Å²) >= 11 is 6.17. The highest BCUT2D eigenvalue weighted by Crippen LogP contribution is 2.27. The molecule has 0 radical (unpaired) electrons. The van der Waals surface area contributed by atoms with Crippen LogP contribution in [0.25, 0.3) is 16.8 Å². The highest BCUT2D eigenvalue weighted by Gasteiger charge is 2.12. The summed E-state index contributed by atoms with van der Waals surface area (Å²) in [5.41, 5.74) is 4.06. The smallest absolute Gasteiger partial charge is 0.251 e. The number of nitrogens with zero attached hydrogens (tertiary/aromatic N) is 4. The number of aromatic nitrogens is 3. The number of fused-ring (bicyclic) bond motifs is 1. The van der Waals surface area contributed by atoms with Crippen molar-refractivity contribution in [1.82, 2.24) is 24.8 Å². The first kappa shape index (κ1) is 23.3. The van der Waals surface area contributed by atoms with Crippen molar-refractivity contribution in [1.29, 1.82) is 0 Å². The highest BCUT2D eigenvalue weighted by atomic mass is 35.5. The van der Waals surface area contributed by atoms with Crippen molar-refractivity contribution >= 4 is 34.8 Å². The van der Waals surface area contributed by atoms with E-state index in [9.17, 15) is 4.79 Å². The Morgan fingerprint density at radius 3 is 2.69 bits per heavy atom. The molecule has 1 aliphatic heterocycles. The molecule has 2 N–H and O–H groups in total. The SMILES string of the molecule is O=C(NCCCN1CCOCC1)c1ccc(Nc2nc3c(-c4cccc(Cl)c4)cccn3n2)cc1. The van der Waals surface area contributed by atoms with Gasteiger partial charge in [-0.1, -0.05) is 23.7 Å². The normalized spacial score (nSPS) is 14.2. The number of rotatable bonds is 8. The average Bonchev–Trinajstić information content (AvgIpc) is 3.30. The molecule has 9 heteroatoms. The van der Waals surface area contributed by atoms with Gasteiger partial charge in [0, 0.05) is 47.7 Å². The zero-order valence-electron chi connectivity index (χ0n) is 19.3. The summed E-state index contributed by atoms with van der Waals surface area (Å²) in [6.07, 6.45) is 2.77. The second kappa shape index (κ2) is 10.9. The summed E-state index contributed by atoms with van der Waals surface area (Å²) in [5, 5.41) is 11.4. The lowest BCUT2D eigenvalue weighted by atomic mass is 10.1. The number of carbonyl (C=O) groups is 1. The van der Waals surface area contributed by atoms with Crippen LogP contribution in [0.2, 0.25) is 5.02 Å². The van der Waals surface area contributed by atoms with Crippen LogP contribution in [-0.4, -0.2) is 64.8 Å². The van der Waals surface area contributed by atoms with Crippen LogP contribution in [-0.2, 0) is 4.74 Å². The summed E-state index contributed by atoms with van der Waals surface area (Å²) < 4.78 is 7.10. The minimum absolute atomic E-state index is 0.0736. The third-order valence-corrected chi connectivity index (χ3v) is 6.18. The number of halogens is 1. The fraction of sp³-hybridized carbons (Fsp3) is 0.269. The third-order valence-electron chi connectivity index (χ3n) is 5.94. The van der Waals surface area contributed by atoms with Crippen molar-refractivity contribution < 1.29 is 9.53 Å². The zero-order chi connectivity index (χ0) is 24.0. The fourth-order valence-electron chi connectivity index (χ4n) is 4.11. The Balaban J connectivity index is 1.19. The van der Waals surface area contributed by atoms with E-state index in [1.807, 2.05) is 54.7 Å². The summed E-state index contributed by atoms with van der Waals surface area (Å²) in [4.78, 5) is 19.5. The van der Waals surface area contributed by atoms with E-state index in [0.717, 1.165) is 61.7 Å². The second-order valence-corrected chi connectivity index (χ2v) is 8.84. The Labute approximate surface area is 208 Å². The van der Waals surface area contributed by atoms with Crippen LogP contribution < -0.4 is 10.6 Å². The number of hydrogen-bond acceptors (Lipinski definition) is 6. The first-order chi connectivity index (χ1) is 17.2. The third kappa shape index (κ3) is 5.79. The van der Waals surface area contributed by atoms with Crippen molar-refractivity contribution in [3.63, 3.8) is 0 Å². The lowest BCUT2D eigenvalue weighted by Gasteiger charge is -2.26. The summed E-state index contributed by atoms with van der Waals surface area (Å²) in [6.45, 7) is 5.13. The van der Waals surface area contributed by atoms with Gasteiger partial charge in [0.2, 0.25) is 5.95 Å². The highest BCUT2D eigenvalue weighted by molar-refractivity contribution is 6.30. The molecule has 0 bridgehead atoms. The molecule has 5 rings (SSSR count). The molecular formula is C26H27ClN6O2. The van der Waals surface area contributed by atoms with Crippen molar-refractivity contribution in [3.8, 4) is 11.1 Å². The number of hydrogen-bond donors (Lipinski definition) is 2. The van der Waals surface area contributed by atoms with E-state index < -0.39 is 0 Å². The summed E-state index contributed by atoms with van der Waals surface area (Å²) in [6, 6.07) is 18.9. The maximum absolute atomic E-state index is 12.5. The standard InChI is InChI=1S/C26H27ClN6O2/c27-21-5-1-4-20(18-21)23-6-2-13-33-24(23)30-26(31-33)29-22-9-7-19(8-10-22)25(34)28-11-3-12-32-14-16-35-17-15-32/h1-2,4-10,13,18H,3,11-12,14-17H2,(H,28,34)(H,29,31). The van der Waals surface area contributed by atoms with E-state index >= 15 is 0 Å². The number of pyridine rings is 1. The molecule has 0 aliphatic carbocycles. The van der Waals surface area contributed by atoms with Gasteiger partial charge in [0.05, 0.1) is 13.2 Å². The lowest BCUT2D eigenvalue weighted by Crippen LogP contribution is -2.38. The zero-order valence-corrected chi connectivity index (χ0v) is 20.0. The van der Waals surface area contributed by atoms with Gasteiger partial charge in [-0.15, -0.1) is 5.10 Å². The van der Waals surface area contributed by atoms with Crippen LogP contribution in [0.4, 0.5) is 11.6 Å². The van der Waals surface area contributed by atoms with E-state index in [4.69, 9.17) is 16.3 Å². The predicted octanol–water partition coefficient (Wildman–Crippen LogP) is 4.25. The Hall–Kier alpha value is -3.46. The van der Waals surface area contributed by atoms with Crippen LogP contribution in [0.15, 0.2) is 66.9 Å². The quantitative estimate of drug-likeness (QED) is 0.359. The van der Waals surface area contributed by atoms with Gasteiger partial charge < -0.3 is 15.4 Å². The molecule has 35 heavy (non-hydrogen) atoms. The first-order valence-corrected chi connectivity index (χ1v) is 12.1. The number of morpholine rings is 1. The van der Waals surface area contributed by atoms with Crippen molar-refractivity contribution in [2.24, 2.45) is 0 Å². The molecule has 1 amide bonds. The number of nitrogens with one attached hydrogen (secondary N) is 2. The minimum atomic E-state index is -0.0736. The van der Waals surface area contributed by atoms with Gasteiger partial charge in [-0.05, 0) is 67.1 Å². The van der Waals surface area contributed by atoms with Crippen LogP contribution in [0, 0.1) is 0 Å². The molecule has 2 aromatic heterocycles. The van der Waals surface area contributed by atoms with Crippen molar-refractivity contribution in [2.45, 2.75) is 6.42 Å². The number of amides is 1. The number of benzene rings is 2. The lowest BCUT2D eigenvalue weighted by molar-refractivity contribution is 0.0374. The van der Waals surface area contributed by atoms with Crippen LogP contribution in [0.3, 0.4) is 0 Å². The van der Waals surface area contributed by atoms with Crippen molar-refractivity contribution in [2.75, 3.05) is 44.7 Å². The minimum Gasteiger partial charge on any atom is -0.379 e. The van der Waals surface area contributed by atoms with Gasteiger partial charge in [-0.25, -0.2) is 4.52 Å². The molecule has 180 valence electrons. The molecule has 0 spiro atoms. The molecular weight excluding hydrogens is 464 g/mol. The number of carbonyl (C=O) groups excluding carboxylic acids is 1. The maximum Gasteiger partial charge on any atom is 0.251 e. The topological polar surface area (TPSA) is 83.8 Å². The molecule has 2 aromatic carbocycles. The molecule has 0 atom stereocenters. The van der Waals surface area contributed by atoms with Gasteiger partial charge in [0.15, 0.2) is 5.65 Å². The Bertz CT molecular complexity index is 1300. The average molecular weight is 491 g/mol. The monoisotopic (exact) mass is 490 g/mol. The number of anilines is 2. The van der Waals surface area contributed by atoms with Gasteiger partial charge in [-0.2, -0.15) is 4.98 Å². The summed E-state index contributed by atoms with van der Waals surface area (Å²) in [5.74, 6) is 0.398. The van der Waals surface area contributed by atoms with Gasteiger partial charge in [-0.3, -0.25) is 9.69 Å². The molecule has 0 saturated carbocycles. The number of ether oxygens (including phenoxy) is 1. The van der Waals surface area contributed by atoms with Crippen molar-refractivity contribution in [3.05, 3.63) is 77.4 Å². The molecule has 1 saturated heterocycles. The first-order valence-electron chi connectivity index (χ1n) is 11.7. The fourth-order valence-corrected chi connectivity index (χ4v) is 4.30. The van der Waals surface area contributed by atoms with Gasteiger partial charge >= 0.3 is 0 Å². The molecule has 0 unspecified atom stereocenters. The van der Waals surface area contributed by atoms with E-state index in [1.54, 1.807) is 16.6 Å². The Morgan fingerprint density at radius 2 is 1.89 bits per heavy atom. The maximum atomic E-state index is 12.5. The van der Waals surface area contributed by atoms with Crippen LogP contribution in [0.1, 0.15) is 16.8 Å². The van der Waals surface area contributed by atoms with E-state index in [1.165, 1.54) is 0 Å². The largest absolute Gasteiger partial charge is 0.379 e. The molecule has 3 heterocycles. The predicted molar refractivity (Wildman–Crippen MR) is 137 cm³/mol. The van der Waals surface area contributed by atoms with Crippen LogP contribution >= 0.6 is 11.6 Å². The Morgan fingerprint density at radius 1 is 1.06 bits per heavy atom. The molecule has 1 fully saturated rings. The van der Waals surface area contributed by atoms with Gasteiger partial charge in [0.25, 0.3) is 5.91 Å². The summed E-state index contributed by atoms with van der Waals surface area (Å²) in [7, 11) is 0. The van der Waals surface area contributed by atoms with E-state index in [2.05, 4.69) is 25.6 Å². The molecule has 4 aromatic rings. The second-order valence-electron chi connectivity index (χ2n) is 8.40. The van der Waals surface area contributed by atoms with E-state index in [0.29, 0.717) is 23.1 Å². The van der Waals surface area contributed by atoms with E-state index in [-0.39, 0.29) is 5.91 Å².